The monoisotopic (exact) mass is 388 g/mol. The summed E-state index contributed by atoms with van der Waals surface area (Å²) in [5, 5.41) is 2.00. The molecule has 0 aliphatic heterocycles. The maximum Gasteiger partial charge on any atom is 1.00 e. The summed E-state index contributed by atoms with van der Waals surface area (Å²) in [7, 11) is 1.97. The van der Waals surface area contributed by atoms with Gasteiger partial charge in [0.2, 0.25) is 0 Å². The molecule has 1 unspecified atom stereocenters. The van der Waals surface area contributed by atoms with E-state index in [2.05, 4.69) is 0 Å². The largest absolute Gasteiger partial charge is 1.00 e. The van der Waals surface area contributed by atoms with E-state index in [9.17, 15) is 4.79 Å². The van der Waals surface area contributed by atoms with Crippen molar-refractivity contribution < 1.29 is 39.1 Å². The molecule has 0 saturated heterocycles. The Morgan fingerprint density at radius 3 is 1.89 bits per heavy atom. The average Bonchev–Trinajstić information content (AvgIpc) is 2.74. The van der Waals surface area contributed by atoms with Crippen LogP contribution in [0.15, 0.2) is 72.8 Å². The summed E-state index contributed by atoms with van der Waals surface area (Å²) in [5.74, 6) is 0.956. The summed E-state index contributed by atoms with van der Waals surface area (Å²) in [6.07, 6.45) is 0.747. The van der Waals surface area contributed by atoms with Crippen molar-refractivity contribution in [3.05, 3.63) is 83.9 Å². The van der Waals surface area contributed by atoms with E-state index in [1.165, 1.54) is 0 Å². The van der Waals surface area contributed by atoms with E-state index < -0.39 is 8.15 Å². The van der Waals surface area contributed by atoms with E-state index >= 15 is 0 Å². The molecule has 4 nitrogen and oxygen atoms in total. The molecule has 0 aromatic heterocycles. The number of aldehydes is 1. The quantitative estimate of drug-likeness (QED) is 0.331. The van der Waals surface area contributed by atoms with Gasteiger partial charge in [-0.2, -0.15) is 0 Å². The van der Waals surface area contributed by atoms with Crippen molar-refractivity contribution in [3.8, 4) is 11.5 Å². The third-order valence-corrected chi connectivity index (χ3v) is 5.96. The van der Waals surface area contributed by atoms with Crippen LogP contribution in [0.5, 0.6) is 11.5 Å². The molecule has 0 aliphatic carbocycles. The van der Waals surface area contributed by atoms with Gasteiger partial charge in [-0.05, 0) is 17.7 Å². The smallest absolute Gasteiger partial charge is 1.00 e. The zero-order valence-electron chi connectivity index (χ0n) is 17.3. The minimum absolute atomic E-state index is 0. The fourth-order valence-corrected chi connectivity index (χ4v) is 4.52. The van der Waals surface area contributed by atoms with E-state index in [1.54, 1.807) is 14.2 Å². The molecule has 3 rings (SSSR count). The molecule has 0 N–H and O–H groups in total. The summed E-state index contributed by atoms with van der Waals surface area (Å²) in [5.41, 5.74) is 1.50. The van der Waals surface area contributed by atoms with Gasteiger partial charge in [-0.3, -0.25) is 4.79 Å². The topological polar surface area (TPSA) is 44.8 Å². The Bertz CT molecular complexity index is 869. The SMILES string of the molecule is COc1cc(P(OCc2ccccc2)c2ccccc2)cc(OC)c1C=O.[H-].[Li+]. The first-order chi connectivity index (χ1) is 13.3. The van der Waals surface area contributed by atoms with Crippen LogP contribution in [-0.4, -0.2) is 20.5 Å². The number of rotatable bonds is 8. The molecule has 0 spiro atoms. The number of carbonyl (C=O) groups is 1. The summed E-state index contributed by atoms with van der Waals surface area (Å²) in [6, 6.07) is 23.8. The zero-order valence-corrected chi connectivity index (χ0v) is 17.2. The van der Waals surface area contributed by atoms with Crippen LogP contribution in [-0.2, 0) is 11.1 Å². The second kappa shape index (κ2) is 11.0. The van der Waals surface area contributed by atoms with Crippen LogP contribution in [0.1, 0.15) is 17.3 Å². The number of methoxy groups -OCH3 is 2. The standard InChI is InChI=1S/C22H21O4P.Li.H/c1-24-21-13-19(14-22(25-2)20(21)15-23)27(18-11-7-4-8-12-18)26-16-17-9-5-3-6-10-17;;/h3-15H,16H2,1-2H3;;/q;+1;-1. The van der Waals surface area contributed by atoms with Crippen LogP contribution < -0.4 is 38.9 Å². The summed E-state index contributed by atoms with van der Waals surface area (Å²) in [6.45, 7) is 0.488. The van der Waals surface area contributed by atoms with Gasteiger partial charge in [0.15, 0.2) is 6.29 Å². The van der Waals surface area contributed by atoms with Crippen molar-refractivity contribution in [1.82, 2.24) is 0 Å². The molecule has 0 saturated carbocycles. The second-order valence-electron chi connectivity index (χ2n) is 5.77. The van der Waals surface area contributed by atoms with E-state index in [-0.39, 0.29) is 20.3 Å². The van der Waals surface area contributed by atoms with E-state index in [4.69, 9.17) is 14.0 Å². The Morgan fingerprint density at radius 2 is 1.39 bits per heavy atom. The van der Waals surface area contributed by atoms with Crippen molar-refractivity contribution in [2.75, 3.05) is 14.2 Å². The molecule has 28 heavy (non-hydrogen) atoms. The van der Waals surface area contributed by atoms with Gasteiger partial charge in [-0.1, -0.05) is 60.7 Å². The first-order valence-electron chi connectivity index (χ1n) is 8.50. The summed E-state index contributed by atoms with van der Waals surface area (Å²) >= 11 is 0. The molecule has 0 amide bonds. The van der Waals surface area contributed by atoms with Gasteiger partial charge in [0.1, 0.15) is 11.5 Å². The molecule has 3 aromatic rings. The molecule has 140 valence electrons. The van der Waals surface area contributed by atoms with Crippen molar-refractivity contribution in [2.45, 2.75) is 6.61 Å². The Morgan fingerprint density at radius 1 is 0.857 bits per heavy atom. The van der Waals surface area contributed by atoms with Gasteiger partial charge < -0.3 is 15.4 Å². The zero-order chi connectivity index (χ0) is 19.1. The maximum absolute atomic E-state index is 11.4. The van der Waals surface area contributed by atoms with Gasteiger partial charge >= 0.3 is 18.9 Å². The van der Waals surface area contributed by atoms with E-state index in [0.717, 1.165) is 22.5 Å². The first-order valence-corrected chi connectivity index (χ1v) is 9.76. The van der Waals surface area contributed by atoms with Crippen LogP contribution >= 0.6 is 8.15 Å². The third-order valence-electron chi connectivity index (χ3n) is 4.07. The molecular weight excluding hydrogens is 366 g/mol. The minimum atomic E-state index is -1.11. The number of carbonyl (C=O) groups excluding carboxylic acids is 1. The molecule has 1 atom stereocenters. The Labute approximate surface area is 180 Å². The van der Waals surface area contributed by atoms with Crippen LogP contribution in [0.3, 0.4) is 0 Å². The molecule has 6 heteroatoms. The normalized spacial score (nSPS) is 11.2. The van der Waals surface area contributed by atoms with Crippen LogP contribution in [0.4, 0.5) is 0 Å². The molecule has 0 fully saturated rings. The molecule has 3 aromatic carbocycles. The predicted molar refractivity (Wildman–Crippen MR) is 110 cm³/mol. The van der Waals surface area contributed by atoms with Gasteiger partial charge in [0.05, 0.1) is 34.5 Å². The molecule has 0 heterocycles. The van der Waals surface area contributed by atoms with Gasteiger partial charge in [-0.15, -0.1) is 0 Å². The van der Waals surface area contributed by atoms with Crippen molar-refractivity contribution in [3.63, 3.8) is 0 Å². The predicted octanol–water partition coefficient (Wildman–Crippen LogP) is 1.20. The average molecular weight is 388 g/mol. The molecule has 0 bridgehead atoms. The van der Waals surface area contributed by atoms with Gasteiger partial charge in [0.25, 0.3) is 0 Å². The fraction of sp³-hybridized carbons (Fsp3) is 0.136. The van der Waals surface area contributed by atoms with Crippen LogP contribution in [0.25, 0.3) is 0 Å². The summed E-state index contributed by atoms with van der Waals surface area (Å²) in [4.78, 5) is 11.4. The van der Waals surface area contributed by atoms with Crippen molar-refractivity contribution >= 4 is 25.0 Å². The second-order valence-corrected chi connectivity index (χ2v) is 7.65. The van der Waals surface area contributed by atoms with E-state index in [0.29, 0.717) is 23.7 Å². The van der Waals surface area contributed by atoms with Crippen molar-refractivity contribution in [2.24, 2.45) is 0 Å². The number of hydrogen-bond donors (Lipinski definition) is 0. The third kappa shape index (κ3) is 5.25. The fourth-order valence-electron chi connectivity index (χ4n) is 2.73. The minimum Gasteiger partial charge on any atom is -1.00 e. The van der Waals surface area contributed by atoms with Crippen LogP contribution in [0.2, 0.25) is 0 Å². The van der Waals surface area contributed by atoms with Crippen LogP contribution in [0, 0.1) is 0 Å². The maximum atomic E-state index is 11.4. The Balaban J connectivity index is 0.00000210. The number of hydrogen-bond acceptors (Lipinski definition) is 4. The molecule has 0 radical (unpaired) electrons. The Hall–Kier alpha value is -2.08. The molecule has 0 aliphatic rings. The Kier molecular flexibility index (Phi) is 8.76. The van der Waals surface area contributed by atoms with Crippen molar-refractivity contribution in [1.29, 1.82) is 0 Å². The first kappa shape index (κ1) is 22.2. The van der Waals surface area contributed by atoms with E-state index in [1.807, 2.05) is 72.8 Å². The number of benzene rings is 3. The number of ether oxygens (including phenoxy) is 2. The van der Waals surface area contributed by atoms with Gasteiger partial charge in [0, 0.05) is 10.6 Å². The van der Waals surface area contributed by atoms with Gasteiger partial charge in [-0.25, -0.2) is 0 Å². The molecular formula is C22H22LiO4P. The summed E-state index contributed by atoms with van der Waals surface area (Å²) < 4.78 is 17.2.